The minimum atomic E-state index is -0.482. The summed E-state index contributed by atoms with van der Waals surface area (Å²) in [5.41, 5.74) is 0.706. The van der Waals surface area contributed by atoms with Crippen LogP contribution in [0.25, 0.3) is 0 Å². The van der Waals surface area contributed by atoms with Gasteiger partial charge < -0.3 is 20.3 Å². The molecular formula is C18H28BrIN4O2. The molecule has 1 atom stereocenters. The minimum Gasteiger partial charge on any atom is -0.444 e. The Balaban J connectivity index is 0.00000338. The van der Waals surface area contributed by atoms with Gasteiger partial charge in [-0.2, -0.15) is 0 Å². The summed E-state index contributed by atoms with van der Waals surface area (Å²) in [6.45, 7) is 7.87. The Morgan fingerprint density at radius 2 is 2.00 bits per heavy atom. The van der Waals surface area contributed by atoms with Crippen LogP contribution in [0.4, 0.5) is 4.79 Å². The molecule has 6 nitrogen and oxygen atoms in total. The largest absolute Gasteiger partial charge is 0.444 e. The minimum absolute atomic E-state index is 0. The number of nitrogens with zero attached hydrogens (tertiary/aromatic N) is 2. The molecule has 0 spiro atoms. The summed E-state index contributed by atoms with van der Waals surface area (Å²) >= 11 is 3.44. The Bertz CT molecular complexity index is 617. The van der Waals surface area contributed by atoms with E-state index in [9.17, 15) is 4.79 Å². The quantitative estimate of drug-likeness (QED) is 0.349. The van der Waals surface area contributed by atoms with E-state index in [0.717, 1.165) is 29.9 Å². The molecule has 26 heavy (non-hydrogen) atoms. The van der Waals surface area contributed by atoms with Gasteiger partial charge in [0.2, 0.25) is 0 Å². The molecule has 0 saturated carbocycles. The molecule has 1 unspecified atom stereocenters. The average molecular weight is 539 g/mol. The summed E-state index contributed by atoms with van der Waals surface area (Å²) in [5, 5.41) is 6.31. The van der Waals surface area contributed by atoms with Crippen molar-refractivity contribution >= 4 is 52.0 Å². The van der Waals surface area contributed by atoms with Gasteiger partial charge in [0.05, 0.1) is 6.04 Å². The molecule has 1 amide bonds. The first-order valence-corrected chi connectivity index (χ1v) is 9.25. The van der Waals surface area contributed by atoms with Gasteiger partial charge in [0.1, 0.15) is 5.60 Å². The predicted molar refractivity (Wildman–Crippen MR) is 119 cm³/mol. The van der Waals surface area contributed by atoms with Gasteiger partial charge in [-0.1, -0.05) is 28.1 Å². The van der Waals surface area contributed by atoms with E-state index in [-0.39, 0.29) is 36.1 Å². The van der Waals surface area contributed by atoms with E-state index in [1.165, 1.54) is 5.56 Å². The van der Waals surface area contributed by atoms with Crippen molar-refractivity contribution in [2.24, 2.45) is 4.99 Å². The fraction of sp³-hybridized carbons (Fsp3) is 0.556. The summed E-state index contributed by atoms with van der Waals surface area (Å²) in [5.74, 6) is 0.844. The lowest BCUT2D eigenvalue weighted by Gasteiger charge is -2.23. The number of amides is 1. The first-order chi connectivity index (χ1) is 11.8. The van der Waals surface area contributed by atoms with Crippen LogP contribution in [0.15, 0.2) is 33.7 Å². The summed E-state index contributed by atoms with van der Waals surface area (Å²) in [6, 6.07) is 8.26. The lowest BCUT2D eigenvalue weighted by Crippen LogP contribution is -2.44. The van der Waals surface area contributed by atoms with Crippen LogP contribution in [-0.4, -0.2) is 48.7 Å². The number of guanidine groups is 1. The van der Waals surface area contributed by atoms with Gasteiger partial charge in [0, 0.05) is 31.2 Å². The van der Waals surface area contributed by atoms with E-state index < -0.39 is 5.60 Å². The van der Waals surface area contributed by atoms with Crippen molar-refractivity contribution in [2.75, 3.05) is 20.1 Å². The zero-order valence-electron chi connectivity index (χ0n) is 15.7. The van der Waals surface area contributed by atoms with Crippen molar-refractivity contribution in [3.05, 3.63) is 34.3 Å². The number of nitrogens with one attached hydrogen (secondary N) is 2. The second kappa shape index (κ2) is 10.3. The second-order valence-corrected chi connectivity index (χ2v) is 8.02. The van der Waals surface area contributed by atoms with Gasteiger partial charge in [0.25, 0.3) is 0 Å². The smallest absolute Gasteiger partial charge is 0.407 e. The molecule has 0 bridgehead atoms. The van der Waals surface area contributed by atoms with Gasteiger partial charge in [0.15, 0.2) is 5.96 Å². The van der Waals surface area contributed by atoms with E-state index in [4.69, 9.17) is 4.74 Å². The number of aliphatic imine (C=N–C) groups is 1. The second-order valence-electron chi connectivity index (χ2n) is 7.11. The van der Waals surface area contributed by atoms with Crippen LogP contribution < -0.4 is 10.6 Å². The van der Waals surface area contributed by atoms with E-state index in [0.29, 0.717) is 6.54 Å². The Morgan fingerprint density at radius 3 is 2.58 bits per heavy atom. The van der Waals surface area contributed by atoms with E-state index in [1.54, 1.807) is 7.05 Å². The van der Waals surface area contributed by atoms with E-state index >= 15 is 0 Å². The number of likely N-dealkylation sites (tertiary alicyclic amines) is 1. The highest BCUT2D eigenvalue weighted by Gasteiger charge is 2.27. The normalized spacial score (nSPS) is 17.5. The highest BCUT2D eigenvalue weighted by atomic mass is 127. The monoisotopic (exact) mass is 538 g/mol. The van der Waals surface area contributed by atoms with Crippen LogP contribution in [0.2, 0.25) is 0 Å². The van der Waals surface area contributed by atoms with E-state index in [2.05, 4.69) is 48.6 Å². The van der Waals surface area contributed by atoms with Crippen molar-refractivity contribution in [1.82, 2.24) is 15.5 Å². The lowest BCUT2D eigenvalue weighted by atomic mass is 10.2. The number of halogens is 2. The van der Waals surface area contributed by atoms with Crippen LogP contribution in [0, 0.1) is 0 Å². The Labute approximate surface area is 181 Å². The predicted octanol–water partition coefficient (Wildman–Crippen LogP) is 3.74. The molecule has 0 radical (unpaired) electrons. The highest BCUT2D eigenvalue weighted by molar-refractivity contribution is 14.0. The zero-order chi connectivity index (χ0) is 18.4. The molecular weight excluding hydrogens is 511 g/mol. The topological polar surface area (TPSA) is 66.0 Å². The fourth-order valence-electron chi connectivity index (χ4n) is 2.66. The van der Waals surface area contributed by atoms with Gasteiger partial charge in [-0.15, -0.1) is 24.0 Å². The van der Waals surface area contributed by atoms with E-state index in [1.807, 2.05) is 32.9 Å². The third-order valence-electron chi connectivity index (χ3n) is 3.78. The molecule has 1 aliphatic heterocycles. The maximum atomic E-state index is 11.9. The maximum absolute atomic E-state index is 11.9. The number of carbonyl (C=O) groups excluding carboxylic acids is 1. The standard InChI is InChI=1S/C18H27BrN4O2.HI/c1-18(2,3)25-17(24)22-15-9-10-23(12-15)16(20-4)21-11-13-5-7-14(19)8-6-13;/h5-8,15H,9-12H2,1-4H3,(H,20,21)(H,22,24);1H. The maximum Gasteiger partial charge on any atom is 0.407 e. The van der Waals surface area contributed by atoms with Crippen molar-refractivity contribution in [1.29, 1.82) is 0 Å². The number of hydrogen-bond donors (Lipinski definition) is 2. The van der Waals surface area contributed by atoms with Gasteiger partial charge >= 0.3 is 6.09 Å². The summed E-state index contributed by atoms with van der Waals surface area (Å²) in [7, 11) is 1.78. The molecule has 2 rings (SSSR count). The van der Waals surface area contributed by atoms with Crippen LogP contribution in [0.1, 0.15) is 32.8 Å². The molecule has 1 aromatic rings. The molecule has 1 aliphatic rings. The summed E-state index contributed by atoms with van der Waals surface area (Å²) in [6.07, 6.45) is 0.509. The molecule has 1 aromatic carbocycles. The van der Waals surface area contributed by atoms with Crippen LogP contribution in [0.5, 0.6) is 0 Å². The molecule has 0 aliphatic carbocycles. The molecule has 1 heterocycles. The van der Waals surface area contributed by atoms with Gasteiger partial charge in [-0.3, -0.25) is 4.99 Å². The van der Waals surface area contributed by atoms with Gasteiger partial charge in [-0.25, -0.2) is 4.79 Å². The van der Waals surface area contributed by atoms with Crippen LogP contribution >= 0.6 is 39.9 Å². The highest BCUT2D eigenvalue weighted by Crippen LogP contribution is 2.13. The zero-order valence-corrected chi connectivity index (χ0v) is 19.6. The molecule has 8 heteroatoms. The Morgan fingerprint density at radius 1 is 1.35 bits per heavy atom. The summed E-state index contributed by atoms with van der Waals surface area (Å²) < 4.78 is 6.38. The number of rotatable bonds is 3. The van der Waals surface area contributed by atoms with Crippen molar-refractivity contribution < 1.29 is 9.53 Å². The number of alkyl carbamates (subject to hydrolysis) is 1. The van der Waals surface area contributed by atoms with Crippen LogP contribution in [-0.2, 0) is 11.3 Å². The first kappa shape index (κ1) is 23.0. The number of ether oxygens (including phenoxy) is 1. The average Bonchev–Trinajstić information content (AvgIpc) is 2.96. The van der Waals surface area contributed by atoms with Crippen LogP contribution in [0.3, 0.4) is 0 Å². The SMILES string of the molecule is CN=C(NCc1ccc(Br)cc1)N1CCC(NC(=O)OC(C)(C)C)C1.I. The Hall–Kier alpha value is -1.03. The number of carbonyl (C=O) groups is 1. The molecule has 1 fully saturated rings. The Kier molecular flexibility index (Phi) is 9.15. The van der Waals surface area contributed by atoms with Crippen molar-refractivity contribution in [3.63, 3.8) is 0 Å². The third kappa shape index (κ3) is 7.69. The third-order valence-corrected chi connectivity index (χ3v) is 4.31. The number of hydrogen-bond acceptors (Lipinski definition) is 3. The van der Waals surface area contributed by atoms with Crippen molar-refractivity contribution in [3.8, 4) is 0 Å². The molecule has 2 N–H and O–H groups in total. The van der Waals surface area contributed by atoms with Gasteiger partial charge in [-0.05, 0) is 44.9 Å². The number of benzene rings is 1. The molecule has 1 saturated heterocycles. The summed E-state index contributed by atoms with van der Waals surface area (Å²) in [4.78, 5) is 18.4. The molecule has 0 aromatic heterocycles. The van der Waals surface area contributed by atoms with Crippen molar-refractivity contribution in [2.45, 2.75) is 45.4 Å². The fourth-order valence-corrected chi connectivity index (χ4v) is 2.92. The molecule has 146 valence electrons. The lowest BCUT2D eigenvalue weighted by molar-refractivity contribution is 0.0507. The first-order valence-electron chi connectivity index (χ1n) is 8.46.